The van der Waals surface area contributed by atoms with Crippen LogP contribution in [0.25, 0.3) is 0 Å². The molecule has 1 heterocycles. The lowest BCUT2D eigenvalue weighted by atomic mass is 9.79. The number of rotatable bonds is 5. The smallest absolute Gasteiger partial charge is 0.133 e. The van der Waals surface area contributed by atoms with Gasteiger partial charge in [0.25, 0.3) is 0 Å². The first-order valence-corrected chi connectivity index (χ1v) is 9.11. The third kappa shape index (κ3) is 3.04. The van der Waals surface area contributed by atoms with Crippen molar-refractivity contribution < 1.29 is 5.11 Å². The summed E-state index contributed by atoms with van der Waals surface area (Å²) in [6.45, 7) is 4.71. The maximum absolute atomic E-state index is 10.7. The topological polar surface area (TPSA) is 58.0 Å². The van der Waals surface area contributed by atoms with Crippen molar-refractivity contribution in [1.29, 1.82) is 0 Å². The van der Waals surface area contributed by atoms with E-state index in [1.807, 2.05) is 18.7 Å². The highest BCUT2D eigenvalue weighted by molar-refractivity contribution is 8.00. The molecule has 5 heteroatoms. The van der Waals surface area contributed by atoms with Crippen LogP contribution in [-0.4, -0.2) is 38.2 Å². The maximum Gasteiger partial charge on any atom is 0.133 e. The maximum atomic E-state index is 10.7. The van der Waals surface area contributed by atoms with Gasteiger partial charge in [0.05, 0.1) is 5.60 Å². The minimum atomic E-state index is -0.568. The number of aromatic nitrogens is 2. The predicted octanol–water partition coefficient (Wildman–Crippen LogP) is 2.72. The molecule has 0 spiro atoms. The van der Waals surface area contributed by atoms with Crippen molar-refractivity contribution in [1.82, 2.24) is 9.97 Å². The molecule has 0 bridgehead atoms. The first-order chi connectivity index (χ1) is 10.1. The van der Waals surface area contributed by atoms with Crippen molar-refractivity contribution in [2.75, 3.05) is 17.6 Å². The molecule has 2 aliphatic carbocycles. The van der Waals surface area contributed by atoms with Crippen LogP contribution in [0.15, 0.2) is 0 Å². The zero-order valence-electron chi connectivity index (χ0n) is 13.0. The second kappa shape index (κ2) is 6.13. The van der Waals surface area contributed by atoms with Crippen LogP contribution in [0.2, 0.25) is 0 Å². The number of nitrogens with one attached hydrogen (secondary N) is 1. The highest BCUT2D eigenvalue weighted by Gasteiger charge is 2.45. The van der Waals surface area contributed by atoms with Gasteiger partial charge in [-0.2, -0.15) is 11.8 Å². The molecule has 1 saturated carbocycles. The summed E-state index contributed by atoms with van der Waals surface area (Å²) in [5.41, 5.74) is 1.91. The lowest BCUT2D eigenvalue weighted by Gasteiger charge is -2.45. The molecule has 1 fully saturated rings. The van der Waals surface area contributed by atoms with Gasteiger partial charge in [-0.3, -0.25) is 0 Å². The van der Waals surface area contributed by atoms with Crippen molar-refractivity contribution in [2.24, 2.45) is 0 Å². The molecule has 0 aromatic carbocycles. The van der Waals surface area contributed by atoms with E-state index < -0.39 is 5.60 Å². The molecule has 2 atom stereocenters. The molecule has 0 radical (unpaired) electrons. The average molecular weight is 307 g/mol. The molecule has 21 heavy (non-hydrogen) atoms. The summed E-state index contributed by atoms with van der Waals surface area (Å²) in [5.74, 6) is 2.85. The Labute approximate surface area is 131 Å². The third-order valence-electron chi connectivity index (χ3n) is 4.66. The van der Waals surface area contributed by atoms with E-state index in [9.17, 15) is 5.11 Å². The fraction of sp³-hybridized carbons (Fsp3) is 0.750. The van der Waals surface area contributed by atoms with Crippen molar-refractivity contribution in [3.63, 3.8) is 0 Å². The third-order valence-corrected chi connectivity index (χ3v) is 6.07. The summed E-state index contributed by atoms with van der Waals surface area (Å²) in [7, 11) is 0. The standard InChI is InChI=1S/C16H25N3OS/c1-3-21-14-8-9-16(14,20)10-17-15-12-6-4-5-7-13(12)18-11(2)19-15/h14,20H,3-10H2,1-2H3,(H,17,18,19). The van der Waals surface area contributed by atoms with Crippen molar-refractivity contribution in [3.05, 3.63) is 17.1 Å². The number of anilines is 1. The van der Waals surface area contributed by atoms with Gasteiger partial charge in [-0.1, -0.05) is 6.92 Å². The highest BCUT2D eigenvalue weighted by atomic mass is 32.2. The Hall–Kier alpha value is -0.810. The van der Waals surface area contributed by atoms with Gasteiger partial charge in [-0.15, -0.1) is 0 Å². The normalized spacial score (nSPS) is 27.9. The molecule has 0 saturated heterocycles. The van der Waals surface area contributed by atoms with Crippen molar-refractivity contribution >= 4 is 17.6 Å². The minimum Gasteiger partial charge on any atom is -0.387 e. The van der Waals surface area contributed by atoms with E-state index in [2.05, 4.69) is 22.2 Å². The summed E-state index contributed by atoms with van der Waals surface area (Å²) in [6.07, 6.45) is 6.58. The monoisotopic (exact) mass is 307 g/mol. The van der Waals surface area contributed by atoms with Gasteiger partial charge in [0, 0.05) is 23.1 Å². The summed E-state index contributed by atoms with van der Waals surface area (Å²) >= 11 is 1.87. The largest absolute Gasteiger partial charge is 0.387 e. The lowest BCUT2D eigenvalue weighted by Crippen LogP contribution is -2.54. The Bertz CT molecular complexity index is 522. The Morgan fingerprint density at radius 3 is 2.86 bits per heavy atom. The molecule has 1 aromatic rings. The van der Waals surface area contributed by atoms with Gasteiger partial charge in [-0.25, -0.2) is 9.97 Å². The fourth-order valence-electron chi connectivity index (χ4n) is 3.34. The zero-order valence-corrected chi connectivity index (χ0v) is 13.8. The summed E-state index contributed by atoms with van der Waals surface area (Å²) in [4.78, 5) is 9.16. The van der Waals surface area contributed by atoms with Crippen LogP contribution >= 0.6 is 11.8 Å². The van der Waals surface area contributed by atoms with E-state index in [4.69, 9.17) is 0 Å². The van der Waals surface area contributed by atoms with Crippen LogP contribution in [0.3, 0.4) is 0 Å². The molecule has 0 aliphatic heterocycles. The second-order valence-corrected chi connectivity index (χ2v) is 7.67. The summed E-state index contributed by atoms with van der Waals surface area (Å²) in [6, 6.07) is 0. The van der Waals surface area contributed by atoms with Crippen LogP contribution in [0.5, 0.6) is 0 Å². The SMILES string of the molecule is CCSC1CCC1(O)CNc1nc(C)nc2c1CCCC2. The summed E-state index contributed by atoms with van der Waals surface area (Å²) in [5, 5.41) is 14.5. The van der Waals surface area contributed by atoms with Crippen LogP contribution in [0.1, 0.15) is 49.7 Å². The number of aliphatic hydroxyl groups is 1. The van der Waals surface area contributed by atoms with Gasteiger partial charge in [0.15, 0.2) is 0 Å². The number of fused-ring (bicyclic) bond motifs is 1. The molecule has 0 amide bonds. The van der Waals surface area contributed by atoms with E-state index in [0.717, 1.165) is 43.1 Å². The Morgan fingerprint density at radius 1 is 1.33 bits per heavy atom. The molecule has 2 unspecified atom stereocenters. The van der Waals surface area contributed by atoms with E-state index >= 15 is 0 Å². The van der Waals surface area contributed by atoms with E-state index in [0.29, 0.717) is 11.8 Å². The Morgan fingerprint density at radius 2 is 2.14 bits per heavy atom. The van der Waals surface area contributed by atoms with Crippen LogP contribution in [0.4, 0.5) is 5.82 Å². The fourth-order valence-corrected chi connectivity index (χ4v) is 4.54. The quantitative estimate of drug-likeness (QED) is 0.876. The van der Waals surface area contributed by atoms with Crippen molar-refractivity contribution in [3.8, 4) is 0 Å². The number of thioether (sulfide) groups is 1. The first-order valence-electron chi connectivity index (χ1n) is 8.06. The van der Waals surface area contributed by atoms with Crippen LogP contribution < -0.4 is 5.32 Å². The van der Waals surface area contributed by atoms with E-state index in [1.54, 1.807) is 0 Å². The number of nitrogens with zero attached hydrogens (tertiary/aromatic N) is 2. The first kappa shape index (κ1) is 15.1. The van der Waals surface area contributed by atoms with Crippen LogP contribution in [0, 0.1) is 6.92 Å². The second-order valence-electron chi connectivity index (χ2n) is 6.19. The van der Waals surface area contributed by atoms with Gasteiger partial charge in [0.1, 0.15) is 11.6 Å². The number of aryl methyl sites for hydroxylation is 2. The van der Waals surface area contributed by atoms with Crippen molar-refractivity contribution in [2.45, 2.75) is 63.2 Å². The number of hydrogen-bond donors (Lipinski definition) is 2. The average Bonchev–Trinajstić information content (AvgIpc) is 2.48. The van der Waals surface area contributed by atoms with Gasteiger partial charge >= 0.3 is 0 Å². The molecule has 2 aliphatic rings. The zero-order chi connectivity index (χ0) is 14.9. The highest BCUT2D eigenvalue weighted by Crippen LogP contribution is 2.41. The molecule has 1 aromatic heterocycles. The lowest BCUT2D eigenvalue weighted by molar-refractivity contribution is -0.0120. The molecular formula is C16H25N3OS. The van der Waals surface area contributed by atoms with Gasteiger partial charge in [0.2, 0.25) is 0 Å². The molecule has 4 nitrogen and oxygen atoms in total. The van der Waals surface area contributed by atoms with Gasteiger partial charge in [-0.05, 0) is 51.2 Å². The van der Waals surface area contributed by atoms with Crippen LogP contribution in [-0.2, 0) is 12.8 Å². The minimum absolute atomic E-state index is 0.369. The molecule has 116 valence electrons. The molecular weight excluding hydrogens is 282 g/mol. The molecule has 2 N–H and O–H groups in total. The summed E-state index contributed by atoms with van der Waals surface area (Å²) < 4.78 is 0. The Balaban J connectivity index is 1.72. The number of hydrogen-bond acceptors (Lipinski definition) is 5. The van der Waals surface area contributed by atoms with Gasteiger partial charge < -0.3 is 10.4 Å². The van der Waals surface area contributed by atoms with E-state index in [-0.39, 0.29) is 0 Å². The Kier molecular flexibility index (Phi) is 4.41. The predicted molar refractivity (Wildman–Crippen MR) is 88.0 cm³/mol. The van der Waals surface area contributed by atoms with E-state index in [1.165, 1.54) is 24.1 Å². The molecule has 3 rings (SSSR count).